The Morgan fingerprint density at radius 3 is 2.95 bits per heavy atom. The van der Waals surface area contributed by atoms with Crippen LogP contribution >= 0.6 is 0 Å². The Morgan fingerprint density at radius 1 is 1.47 bits per heavy atom. The first-order valence-electron chi connectivity index (χ1n) is 6.81. The van der Waals surface area contributed by atoms with E-state index in [9.17, 15) is 0 Å². The Kier molecular flexibility index (Phi) is 2.95. The van der Waals surface area contributed by atoms with Gasteiger partial charge in [-0.2, -0.15) is 0 Å². The molecule has 1 aromatic rings. The van der Waals surface area contributed by atoms with Crippen LogP contribution in [-0.2, 0) is 9.31 Å². The van der Waals surface area contributed by atoms with Crippen molar-refractivity contribution >= 4 is 18.7 Å². The van der Waals surface area contributed by atoms with Crippen LogP contribution in [-0.4, -0.2) is 19.3 Å². The average molecular weight is 258 g/mol. The maximum absolute atomic E-state index is 6.08. The maximum atomic E-state index is 6.08. The zero-order chi connectivity index (χ0) is 13.6. The summed E-state index contributed by atoms with van der Waals surface area (Å²) in [5, 5.41) is 0. The van der Waals surface area contributed by atoms with E-state index in [0.29, 0.717) is 6.61 Å². The summed E-state index contributed by atoms with van der Waals surface area (Å²) in [6, 6.07) is 4.04. The fraction of sp³-hybridized carbons (Fsp3) is 0.467. The molecule has 3 rings (SSSR count). The number of rotatable bonds is 2. The van der Waals surface area contributed by atoms with Crippen LogP contribution < -0.4 is 10.2 Å². The molecule has 3 nitrogen and oxygen atoms in total. The lowest BCUT2D eigenvalue weighted by atomic mass is 9.76. The van der Waals surface area contributed by atoms with Gasteiger partial charge in [-0.15, -0.1) is 0 Å². The van der Waals surface area contributed by atoms with E-state index in [0.717, 1.165) is 23.2 Å². The summed E-state index contributed by atoms with van der Waals surface area (Å²) in [7, 11) is -0.327. The molecule has 0 saturated carbocycles. The third-order valence-corrected chi connectivity index (χ3v) is 3.72. The van der Waals surface area contributed by atoms with Crippen LogP contribution in [0.4, 0.5) is 0 Å². The quantitative estimate of drug-likeness (QED) is 0.763. The molecule has 100 valence electrons. The number of hydrogen-bond donors (Lipinski definition) is 0. The molecule has 0 fully saturated rings. The Balaban J connectivity index is 2.16. The van der Waals surface area contributed by atoms with Crippen molar-refractivity contribution in [1.82, 2.24) is 0 Å². The third-order valence-electron chi connectivity index (χ3n) is 3.72. The summed E-state index contributed by atoms with van der Waals surface area (Å²) in [5.41, 5.74) is 2.99. The molecule has 4 heteroatoms. The van der Waals surface area contributed by atoms with E-state index in [1.807, 2.05) is 32.1 Å². The lowest BCUT2D eigenvalue weighted by molar-refractivity contribution is 0.0268. The highest BCUT2D eigenvalue weighted by atomic mass is 16.6. The highest BCUT2D eigenvalue weighted by Crippen LogP contribution is 2.37. The van der Waals surface area contributed by atoms with Gasteiger partial charge in [-0.1, -0.05) is 25.6 Å². The van der Waals surface area contributed by atoms with Gasteiger partial charge in [0.05, 0.1) is 11.7 Å². The summed E-state index contributed by atoms with van der Waals surface area (Å²) < 4.78 is 18.1. The van der Waals surface area contributed by atoms with Gasteiger partial charge in [0.25, 0.3) is 0 Å². The van der Waals surface area contributed by atoms with Crippen LogP contribution in [0.25, 0.3) is 6.08 Å². The molecule has 0 amide bonds. The van der Waals surface area contributed by atoms with Crippen molar-refractivity contribution in [2.24, 2.45) is 0 Å². The van der Waals surface area contributed by atoms with Gasteiger partial charge in [-0.05, 0) is 37.5 Å². The first-order chi connectivity index (χ1) is 9.05. The minimum absolute atomic E-state index is 0.0606. The van der Waals surface area contributed by atoms with E-state index in [1.54, 1.807) is 0 Å². The Labute approximate surface area is 114 Å². The molecule has 0 aliphatic carbocycles. The van der Waals surface area contributed by atoms with E-state index in [4.69, 9.17) is 14.0 Å². The van der Waals surface area contributed by atoms with Crippen LogP contribution in [0.3, 0.4) is 0 Å². The number of hydrogen-bond acceptors (Lipinski definition) is 3. The molecule has 19 heavy (non-hydrogen) atoms. The standard InChI is InChI=1S/C15H19BO3/c1-5-10-7-8-12-14-13(10)11(6-2)18-16(14)19-15(3,4)9-17-12/h5,7-8,11H,1,6,9H2,2-4H3/t11-/m1/s1. The SMILES string of the molecule is C=Cc1ccc2c3c1[C@@H](CC)OB3OC(C)(C)CO2. The molecule has 0 spiro atoms. The molecule has 0 N–H and O–H groups in total. The predicted octanol–water partition coefficient (Wildman–Crippen LogP) is 2.69. The minimum atomic E-state index is -0.349. The van der Waals surface area contributed by atoms with Crippen molar-refractivity contribution in [3.63, 3.8) is 0 Å². The monoisotopic (exact) mass is 258 g/mol. The number of benzene rings is 1. The third kappa shape index (κ3) is 1.99. The minimum Gasteiger partial charge on any atom is -0.491 e. The zero-order valence-electron chi connectivity index (χ0n) is 11.7. The molecule has 2 aliphatic rings. The van der Waals surface area contributed by atoms with Crippen molar-refractivity contribution < 1.29 is 14.0 Å². The van der Waals surface area contributed by atoms with Crippen molar-refractivity contribution in [3.05, 3.63) is 29.8 Å². The van der Waals surface area contributed by atoms with Crippen molar-refractivity contribution in [3.8, 4) is 5.75 Å². The van der Waals surface area contributed by atoms with Crippen LogP contribution in [0.15, 0.2) is 18.7 Å². The molecular weight excluding hydrogens is 239 g/mol. The molecule has 0 saturated heterocycles. The predicted molar refractivity (Wildman–Crippen MR) is 76.7 cm³/mol. The van der Waals surface area contributed by atoms with Crippen molar-refractivity contribution in [2.75, 3.05) is 6.61 Å². The zero-order valence-corrected chi connectivity index (χ0v) is 11.7. The second-order valence-electron chi connectivity index (χ2n) is 5.72. The molecule has 2 aliphatic heterocycles. The average Bonchev–Trinajstić information content (AvgIpc) is 2.68. The Morgan fingerprint density at radius 2 is 2.26 bits per heavy atom. The first-order valence-corrected chi connectivity index (χ1v) is 6.81. The summed E-state index contributed by atoms with van der Waals surface area (Å²) in [6.45, 7) is 10.6. The van der Waals surface area contributed by atoms with Gasteiger partial charge in [-0.25, -0.2) is 0 Å². The highest BCUT2D eigenvalue weighted by Gasteiger charge is 2.45. The summed E-state index contributed by atoms with van der Waals surface area (Å²) in [6.07, 6.45) is 2.85. The van der Waals surface area contributed by atoms with Gasteiger partial charge >= 0.3 is 7.12 Å². The van der Waals surface area contributed by atoms with Gasteiger partial charge in [0.1, 0.15) is 12.4 Å². The largest absolute Gasteiger partial charge is 0.499 e. The molecule has 0 unspecified atom stereocenters. The lowest BCUT2D eigenvalue weighted by Crippen LogP contribution is -2.40. The Hall–Kier alpha value is -1.26. The molecule has 0 radical (unpaired) electrons. The van der Waals surface area contributed by atoms with E-state index >= 15 is 0 Å². The second kappa shape index (κ2) is 4.39. The van der Waals surface area contributed by atoms with E-state index < -0.39 is 0 Å². The summed E-state index contributed by atoms with van der Waals surface area (Å²) in [5.74, 6) is 0.882. The van der Waals surface area contributed by atoms with Crippen molar-refractivity contribution in [1.29, 1.82) is 0 Å². The van der Waals surface area contributed by atoms with Gasteiger partial charge in [-0.3, -0.25) is 0 Å². The van der Waals surface area contributed by atoms with Gasteiger partial charge in [0.15, 0.2) is 0 Å². The molecule has 1 atom stereocenters. The van der Waals surface area contributed by atoms with Crippen LogP contribution in [0, 0.1) is 0 Å². The van der Waals surface area contributed by atoms with Gasteiger partial charge < -0.3 is 14.0 Å². The van der Waals surface area contributed by atoms with Crippen LogP contribution in [0.2, 0.25) is 0 Å². The normalized spacial score (nSPS) is 23.5. The molecule has 0 bridgehead atoms. The van der Waals surface area contributed by atoms with Gasteiger partial charge in [0, 0.05) is 5.46 Å². The first kappa shape index (κ1) is 12.8. The van der Waals surface area contributed by atoms with Crippen LogP contribution in [0.1, 0.15) is 44.4 Å². The molecule has 0 aromatic heterocycles. The smallest absolute Gasteiger partial charge is 0.491 e. The Bertz CT molecular complexity index is 524. The molecule has 2 heterocycles. The number of ether oxygens (including phenoxy) is 1. The maximum Gasteiger partial charge on any atom is 0.499 e. The highest BCUT2D eigenvalue weighted by molar-refractivity contribution is 6.64. The lowest BCUT2D eigenvalue weighted by Gasteiger charge is -2.25. The second-order valence-corrected chi connectivity index (χ2v) is 5.72. The van der Waals surface area contributed by atoms with Crippen molar-refractivity contribution in [2.45, 2.75) is 38.9 Å². The summed E-state index contributed by atoms with van der Waals surface area (Å²) in [4.78, 5) is 0. The fourth-order valence-electron chi connectivity index (χ4n) is 2.79. The summed E-state index contributed by atoms with van der Waals surface area (Å²) >= 11 is 0. The fourth-order valence-corrected chi connectivity index (χ4v) is 2.79. The molecule has 1 aromatic carbocycles. The van der Waals surface area contributed by atoms with E-state index in [1.165, 1.54) is 5.56 Å². The van der Waals surface area contributed by atoms with Crippen LogP contribution in [0.5, 0.6) is 5.75 Å². The van der Waals surface area contributed by atoms with E-state index in [-0.39, 0.29) is 18.8 Å². The van der Waals surface area contributed by atoms with E-state index in [2.05, 4.69) is 13.5 Å². The topological polar surface area (TPSA) is 27.7 Å². The molecular formula is C15H19BO3. The van der Waals surface area contributed by atoms with Gasteiger partial charge in [0.2, 0.25) is 0 Å².